The molecule has 0 unspecified atom stereocenters. The van der Waals surface area contributed by atoms with E-state index in [2.05, 4.69) is 5.10 Å². The quantitative estimate of drug-likeness (QED) is 0.511. The van der Waals surface area contributed by atoms with Gasteiger partial charge in [0.05, 0.1) is 22.6 Å². The molecule has 0 fully saturated rings. The van der Waals surface area contributed by atoms with Crippen LogP contribution in [0.5, 0.6) is 0 Å². The van der Waals surface area contributed by atoms with Gasteiger partial charge in [-0.2, -0.15) is 5.10 Å². The highest BCUT2D eigenvalue weighted by Crippen LogP contribution is 2.26. The molecule has 1 aromatic carbocycles. The van der Waals surface area contributed by atoms with Crippen LogP contribution in [-0.4, -0.2) is 16.1 Å². The van der Waals surface area contributed by atoms with Crippen LogP contribution in [-0.2, 0) is 7.05 Å². The molecule has 6 nitrogen and oxygen atoms in total. The van der Waals surface area contributed by atoms with Gasteiger partial charge in [-0.3, -0.25) is 14.5 Å². The maximum Gasteiger partial charge on any atom is 0.150 e. The van der Waals surface area contributed by atoms with Crippen LogP contribution in [0, 0.1) is 6.92 Å². The highest BCUT2D eigenvalue weighted by molar-refractivity contribution is 6.33. The van der Waals surface area contributed by atoms with Crippen LogP contribution in [0.4, 0.5) is 5.69 Å². The molecule has 2 aromatic rings. The maximum absolute atomic E-state index is 10.8. The van der Waals surface area contributed by atoms with Crippen LogP contribution in [0.25, 0.3) is 5.70 Å². The van der Waals surface area contributed by atoms with E-state index in [1.165, 1.54) is 5.01 Å². The normalized spacial score (nSPS) is 11.5. The zero-order valence-corrected chi connectivity index (χ0v) is 12.5. The van der Waals surface area contributed by atoms with Gasteiger partial charge in [-0.1, -0.05) is 17.7 Å². The van der Waals surface area contributed by atoms with Gasteiger partial charge in [0.15, 0.2) is 0 Å². The number of aryl methyl sites for hydroxylation is 1. The molecule has 0 aliphatic carbocycles. The summed E-state index contributed by atoms with van der Waals surface area (Å²) in [5.41, 5.74) is 9.18. The van der Waals surface area contributed by atoms with Crippen molar-refractivity contribution in [2.24, 2.45) is 18.6 Å². The lowest BCUT2D eigenvalue weighted by molar-refractivity contribution is 0.112. The van der Waals surface area contributed by atoms with Crippen molar-refractivity contribution in [2.45, 2.75) is 6.92 Å². The summed E-state index contributed by atoms with van der Waals surface area (Å²) in [6.45, 7) is 1.91. The smallest absolute Gasteiger partial charge is 0.150 e. The lowest BCUT2D eigenvalue weighted by atomic mass is 10.2. The number of hydrogen-bond donors (Lipinski definition) is 2. The number of hydrazine groups is 1. The average Bonchev–Trinajstić information content (AvgIpc) is 2.79. The van der Waals surface area contributed by atoms with Crippen LogP contribution in [0.2, 0.25) is 5.02 Å². The summed E-state index contributed by atoms with van der Waals surface area (Å²) >= 11 is 6.09. The molecule has 1 heterocycles. The maximum atomic E-state index is 10.8. The molecule has 0 saturated carbocycles. The molecule has 0 atom stereocenters. The Kier molecular flexibility index (Phi) is 4.30. The van der Waals surface area contributed by atoms with E-state index in [9.17, 15) is 4.79 Å². The van der Waals surface area contributed by atoms with Gasteiger partial charge in [0.1, 0.15) is 6.29 Å². The number of rotatable bonds is 4. The highest BCUT2D eigenvalue weighted by atomic mass is 35.5. The second-order valence-corrected chi connectivity index (χ2v) is 4.99. The third-order valence-corrected chi connectivity index (χ3v) is 3.53. The van der Waals surface area contributed by atoms with E-state index < -0.39 is 0 Å². The number of carbonyl (C=O) groups excluding carboxylic acids is 1. The first-order chi connectivity index (χ1) is 9.93. The molecule has 7 heteroatoms. The minimum Gasteiger partial charge on any atom is -0.397 e. The zero-order chi connectivity index (χ0) is 15.6. The van der Waals surface area contributed by atoms with Crippen LogP contribution >= 0.6 is 11.6 Å². The monoisotopic (exact) mass is 305 g/mol. The Hall–Kier alpha value is -2.31. The first kappa shape index (κ1) is 15.1. The Balaban J connectivity index is 2.36. The summed E-state index contributed by atoms with van der Waals surface area (Å²) in [7, 11) is 1.83. The minimum absolute atomic E-state index is 0.426. The van der Waals surface area contributed by atoms with E-state index in [-0.39, 0.29) is 0 Å². The molecule has 2 rings (SSSR count). The van der Waals surface area contributed by atoms with E-state index in [4.69, 9.17) is 23.2 Å². The van der Waals surface area contributed by atoms with Crippen molar-refractivity contribution < 1.29 is 4.79 Å². The number of hydrogen-bond acceptors (Lipinski definition) is 5. The fraction of sp³-hybridized carbons (Fsp3) is 0.143. The molecule has 0 radical (unpaired) electrons. The van der Waals surface area contributed by atoms with E-state index >= 15 is 0 Å². The minimum atomic E-state index is 0.426. The molecule has 0 saturated heterocycles. The number of benzene rings is 1. The number of aldehydes is 1. The van der Waals surface area contributed by atoms with E-state index in [1.807, 2.05) is 14.0 Å². The second kappa shape index (κ2) is 5.99. The largest absolute Gasteiger partial charge is 0.397 e. The molecule has 21 heavy (non-hydrogen) atoms. The number of halogens is 1. The number of nitrogens with two attached hydrogens (primary N) is 2. The number of aromatic nitrogens is 2. The fourth-order valence-electron chi connectivity index (χ4n) is 1.87. The highest BCUT2D eigenvalue weighted by Gasteiger charge is 2.10. The van der Waals surface area contributed by atoms with Crippen molar-refractivity contribution >= 4 is 29.3 Å². The van der Waals surface area contributed by atoms with E-state index in [0.29, 0.717) is 22.0 Å². The standard InChI is InChI=1S/C14H16ClN5O/c1-9-11(6-18-19(9)2)13(16)7-20(17)14-5-10(8-21)3-4-12(14)15/h3-8H,16-17H2,1-2H3/b13-7-. The molecule has 1 aromatic heterocycles. The van der Waals surface area contributed by atoms with E-state index in [0.717, 1.165) is 17.5 Å². The van der Waals surface area contributed by atoms with Gasteiger partial charge in [-0.05, 0) is 19.1 Å². The topological polar surface area (TPSA) is 90.2 Å². The Morgan fingerprint density at radius 2 is 2.19 bits per heavy atom. The van der Waals surface area contributed by atoms with Crippen LogP contribution in [0.3, 0.4) is 0 Å². The van der Waals surface area contributed by atoms with Crippen molar-refractivity contribution in [1.82, 2.24) is 9.78 Å². The SMILES string of the molecule is Cc1c(/C(N)=C/N(N)c2cc(C=O)ccc2Cl)cnn1C. The number of anilines is 1. The van der Waals surface area contributed by atoms with Crippen LogP contribution < -0.4 is 16.6 Å². The number of carbonyl (C=O) groups is 1. The third kappa shape index (κ3) is 3.07. The first-order valence-corrected chi connectivity index (χ1v) is 6.56. The summed E-state index contributed by atoms with van der Waals surface area (Å²) in [4.78, 5) is 10.8. The molecule has 0 aliphatic rings. The summed E-state index contributed by atoms with van der Waals surface area (Å²) in [6.07, 6.45) is 3.93. The Morgan fingerprint density at radius 3 is 2.76 bits per heavy atom. The Labute approximate surface area is 127 Å². The van der Waals surface area contributed by atoms with Crippen molar-refractivity contribution in [3.8, 4) is 0 Å². The summed E-state index contributed by atoms with van der Waals surface area (Å²) < 4.78 is 1.72. The van der Waals surface area contributed by atoms with Gasteiger partial charge in [-0.25, -0.2) is 5.84 Å². The Bertz CT molecular complexity index is 707. The summed E-state index contributed by atoms with van der Waals surface area (Å²) in [6, 6.07) is 4.82. The van der Waals surface area contributed by atoms with Gasteiger partial charge in [0, 0.05) is 30.1 Å². The van der Waals surface area contributed by atoms with E-state index in [1.54, 1.807) is 35.3 Å². The molecule has 0 aliphatic heterocycles. The molecule has 0 bridgehead atoms. The van der Waals surface area contributed by atoms with Crippen LogP contribution in [0.1, 0.15) is 21.6 Å². The first-order valence-electron chi connectivity index (χ1n) is 6.19. The van der Waals surface area contributed by atoms with Gasteiger partial charge in [-0.15, -0.1) is 0 Å². The van der Waals surface area contributed by atoms with Crippen molar-refractivity contribution in [3.63, 3.8) is 0 Å². The summed E-state index contributed by atoms with van der Waals surface area (Å²) in [5, 5.41) is 5.84. The van der Waals surface area contributed by atoms with Gasteiger partial charge in [0.25, 0.3) is 0 Å². The zero-order valence-electron chi connectivity index (χ0n) is 11.7. The second-order valence-electron chi connectivity index (χ2n) is 4.59. The molecule has 0 spiro atoms. The third-order valence-electron chi connectivity index (χ3n) is 3.21. The average molecular weight is 306 g/mol. The van der Waals surface area contributed by atoms with Crippen LogP contribution in [0.15, 0.2) is 30.6 Å². The summed E-state index contributed by atoms with van der Waals surface area (Å²) in [5.74, 6) is 5.96. The molecule has 0 amide bonds. The van der Waals surface area contributed by atoms with Gasteiger partial charge < -0.3 is 5.73 Å². The molecular formula is C14H16ClN5O. The predicted octanol–water partition coefficient (Wildman–Crippen LogP) is 1.83. The van der Waals surface area contributed by atoms with Crippen molar-refractivity contribution in [2.75, 3.05) is 5.01 Å². The van der Waals surface area contributed by atoms with Gasteiger partial charge in [0.2, 0.25) is 0 Å². The predicted molar refractivity (Wildman–Crippen MR) is 83.6 cm³/mol. The van der Waals surface area contributed by atoms with Gasteiger partial charge >= 0.3 is 0 Å². The van der Waals surface area contributed by atoms with Crippen molar-refractivity contribution in [3.05, 3.63) is 52.4 Å². The lowest BCUT2D eigenvalue weighted by Gasteiger charge is -2.17. The molecule has 4 N–H and O–H groups in total. The molecule has 110 valence electrons. The fourth-order valence-corrected chi connectivity index (χ4v) is 2.09. The lowest BCUT2D eigenvalue weighted by Crippen LogP contribution is -2.26. The molecular weight excluding hydrogens is 290 g/mol. The number of nitrogens with zero attached hydrogens (tertiary/aromatic N) is 3. The van der Waals surface area contributed by atoms with Crippen molar-refractivity contribution in [1.29, 1.82) is 0 Å². The Morgan fingerprint density at radius 1 is 1.48 bits per heavy atom.